The summed E-state index contributed by atoms with van der Waals surface area (Å²) in [6.45, 7) is 2.17. The van der Waals surface area contributed by atoms with Gasteiger partial charge in [-0.1, -0.05) is 0 Å². The van der Waals surface area contributed by atoms with E-state index in [4.69, 9.17) is 0 Å². The van der Waals surface area contributed by atoms with E-state index in [2.05, 4.69) is 12.2 Å². The van der Waals surface area contributed by atoms with Crippen LogP contribution >= 0.6 is 0 Å². The highest BCUT2D eigenvalue weighted by atomic mass is 16.2. The molecule has 2 saturated carbocycles. The van der Waals surface area contributed by atoms with Gasteiger partial charge in [0.25, 0.3) is 0 Å². The lowest BCUT2D eigenvalue weighted by atomic mass is 9.79. The van der Waals surface area contributed by atoms with Crippen LogP contribution in [0.4, 0.5) is 0 Å². The fourth-order valence-corrected chi connectivity index (χ4v) is 3.86. The molecule has 12 heavy (non-hydrogen) atoms. The topological polar surface area (TPSA) is 29.1 Å². The Labute approximate surface area is 72.7 Å². The Morgan fingerprint density at radius 1 is 1.33 bits per heavy atom. The van der Waals surface area contributed by atoms with Gasteiger partial charge in [0, 0.05) is 12.0 Å². The summed E-state index contributed by atoms with van der Waals surface area (Å²) in [5, 5.41) is 3.08. The lowest BCUT2D eigenvalue weighted by Crippen LogP contribution is -2.27. The van der Waals surface area contributed by atoms with E-state index in [0.29, 0.717) is 23.8 Å². The Morgan fingerprint density at radius 3 is 2.83 bits per heavy atom. The summed E-state index contributed by atoms with van der Waals surface area (Å²) in [5.41, 5.74) is 0. The van der Waals surface area contributed by atoms with Crippen molar-refractivity contribution >= 4 is 5.91 Å². The van der Waals surface area contributed by atoms with Crippen molar-refractivity contribution < 1.29 is 4.79 Å². The number of carbonyl (C=O) groups is 1. The number of carbonyl (C=O) groups excluding carboxylic acids is 1. The first kappa shape index (κ1) is 6.93. The molecule has 1 N–H and O–H groups in total. The zero-order valence-electron chi connectivity index (χ0n) is 7.42. The number of hydrogen-bond donors (Lipinski definition) is 1. The van der Waals surface area contributed by atoms with Crippen LogP contribution in [0.15, 0.2) is 0 Å². The van der Waals surface area contributed by atoms with Gasteiger partial charge in [-0.15, -0.1) is 0 Å². The molecule has 66 valence electrons. The van der Waals surface area contributed by atoms with Crippen LogP contribution in [0.1, 0.15) is 26.2 Å². The molecule has 3 fully saturated rings. The second-order valence-corrected chi connectivity index (χ2v) is 4.73. The van der Waals surface area contributed by atoms with Crippen molar-refractivity contribution in [1.82, 2.24) is 5.32 Å². The Bertz CT molecular complexity index is 238. The van der Waals surface area contributed by atoms with Gasteiger partial charge in [-0.05, 0) is 43.9 Å². The van der Waals surface area contributed by atoms with E-state index in [1.807, 2.05) is 0 Å². The maximum Gasteiger partial charge on any atom is 0.223 e. The van der Waals surface area contributed by atoms with Gasteiger partial charge in [0.05, 0.1) is 0 Å². The summed E-state index contributed by atoms with van der Waals surface area (Å²) in [6, 6.07) is 0.456. The first-order valence-electron chi connectivity index (χ1n) is 5.08. The van der Waals surface area contributed by atoms with Gasteiger partial charge in [-0.3, -0.25) is 4.79 Å². The Balaban J connectivity index is 1.97. The van der Waals surface area contributed by atoms with Crippen molar-refractivity contribution in [1.29, 1.82) is 0 Å². The van der Waals surface area contributed by atoms with Crippen molar-refractivity contribution in [3.63, 3.8) is 0 Å². The molecular formula is C10H15NO. The first-order valence-corrected chi connectivity index (χ1v) is 5.08. The molecule has 1 saturated heterocycles. The molecule has 2 aliphatic carbocycles. The third kappa shape index (κ3) is 0.644. The molecule has 2 bridgehead atoms. The lowest BCUT2D eigenvalue weighted by Gasteiger charge is -2.24. The molecule has 3 aliphatic rings. The fraction of sp³-hybridized carbons (Fsp3) is 0.900. The molecule has 2 heteroatoms. The standard InChI is InChI=1S/C10H15NO/c1-5-8-6-2-3-7(4-6)9(8)10(12)11-5/h5-9H,2-4H2,1H3,(H,11,12)/t5?,6-,7-,8+,9-/m0/s1. The minimum absolute atomic E-state index is 0.347. The number of amides is 1. The molecule has 0 aromatic rings. The summed E-state index contributed by atoms with van der Waals surface area (Å²) in [6.07, 6.45) is 4.03. The lowest BCUT2D eigenvalue weighted by molar-refractivity contribution is -0.124. The van der Waals surface area contributed by atoms with Crippen LogP contribution in [0.5, 0.6) is 0 Å². The first-order chi connectivity index (χ1) is 5.77. The van der Waals surface area contributed by atoms with E-state index in [1.165, 1.54) is 19.3 Å². The van der Waals surface area contributed by atoms with Crippen molar-refractivity contribution in [3.05, 3.63) is 0 Å². The van der Waals surface area contributed by atoms with E-state index in [9.17, 15) is 4.79 Å². The Morgan fingerprint density at radius 2 is 2.08 bits per heavy atom. The van der Waals surface area contributed by atoms with Crippen LogP contribution in [-0.2, 0) is 4.79 Å². The van der Waals surface area contributed by atoms with Crippen LogP contribution in [0, 0.1) is 23.7 Å². The van der Waals surface area contributed by atoms with Crippen LogP contribution in [0.2, 0.25) is 0 Å². The highest BCUT2D eigenvalue weighted by Gasteiger charge is 2.56. The minimum atomic E-state index is 0.347. The SMILES string of the molecule is CC1NC(=O)[C@H]2[C@H]3CC[C@@H](C3)[C@@H]12. The molecule has 0 aromatic carbocycles. The predicted octanol–water partition coefficient (Wildman–Crippen LogP) is 1.17. The smallest absolute Gasteiger partial charge is 0.223 e. The van der Waals surface area contributed by atoms with E-state index in [-0.39, 0.29) is 0 Å². The van der Waals surface area contributed by atoms with Crippen molar-refractivity contribution in [2.45, 2.75) is 32.2 Å². The largest absolute Gasteiger partial charge is 0.353 e. The maximum atomic E-state index is 11.5. The predicted molar refractivity (Wildman–Crippen MR) is 45.4 cm³/mol. The molecular weight excluding hydrogens is 150 g/mol. The monoisotopic (exact) mass is 165 g/mol. The van der Waals surface area contributed by atoms with Gasteiger partial charge in [0.2, 0.25) is 5.91 Å². The van der Waals surface area contributed by atoms with E-state index in [1.54, 1.807) is 0 Å². The number of nitrogens with one attached hydrogen (secondary N) is 1. The molecule has 1 amide bonds. The van der Waals surface area contributed by atoms with Gasteiger partial charge in [-0.25, -0.2) is 0 Å². The summed E-state index contributed by atoms with van der Waals surface area (Å²) >= 11 is 0. The summed E-state index contributed by atoms with van der Waals surface area (Å²) < 4.78 is 0. The van der Waals surface area contributed by atoms with Gasteiger partial charge in [-0.2, -0.15) is 0 Å². The van der Waals surface area contributed by atoms with Crippen molar-refractivity contribution in [2.75, 3.05) is 0 Å². The van der Waals surface area contributed by atoms with Crippen LogP contribution < -0.4 is 5.32 Å². The average molecular weight is 165 g/mol. The van der Waals surface area contributed by atoms with Crippen molar-refractivity contribution in [2.24, 2.45) is 23.7 Å². The third-order valence-corrected chi connectivity index (χ3v) is 4.23. The second kappa shape index (κ2) is 2.04. The molecule has 0 aromatic heterocycles. The summed E-state index contributed by atoms with van der Waals surface area (Å²) in [4.78, 5) is 11.5. The zero-order valence-corrected chi connectivity index (χ0v) is 7.42. The van der Waals surface area contributed by atoms with Crippen molar-refractivity contribution in [3.8, 4) is 0 Å². The maximum absolute atomic E-state index is 11.5. The fourth-order valence-electron chi connectivity index (χ4n) is 3.86. The number of fused-ring (bicyclic) bond motifs is 5. The molecule has 2 nitrogen and oxygen atoms in total. The third-order valence-electron chi connectivity index (χ3n) is 4.23. The highest BCUT2D eigenvalue weighted by Crippen LogP contribution is 2.55. The highest BCUT2D eigenvalue weighted by molar-refractivity contribution is 5.82. The molecule has 0 spiro atoms. The normalized spacial score (nSPS) is 55.8. The Kier molecular flexibility index (Phi) is 1.18. The Hall–Kier alpha value is -0.530. The molecule has 1 aliphatic heterocycles. The van der Waals surface area contributed by atoms with E-state index >= 15 is 0 Å². The van der Waals surface area contributed by atoms with E-state index < -0.39 is 0 Å². The minimum Gasteiger partial charge on any atom is -0.353 e. The van der Waals surface area contributed by atoms with Crippen LogP contribution in [0.25, 0.3) is 0 Å². The van der Waals surface area contributed by atoms with E-state index in [0.717, 1.165) is 11.8 Å². The van der Waals surface area contributed by atoms with Crippen LogP contribution in [-0.4, -0.2) is 11.9 Å². The molecule has 1 heterocycles. The van der Waals surface area contributed by atoms with Gasteiger partial charge in [0.1, 0.15) is 0 Å². The molecule has 0 radical (unpaired) electrons. The second-order valence-electron chi connectivity index (χ2n) is 4.73. The summed E-state index contributed by atoms with van der Waals surface area (Å²) in [7, 11) is 0. The zero-order chi connectivity index (χ0) is 8.29. The quantitative estimate of drug-likeness (QED) is 0.573. The van der Waals surface area contributed by atoms with Gasteiger partial charge >= 0.3 is 0 Å². The molecule has 1 unspecified atom stereocenters. The number of rotatable bonds is 0. The molecule has 3 rings (SSSR count). The number of hydrogen-bond acceptors (Lipinski definition) is 1. The van der Waals surface area contributed by atoms with Gasteiger partial charge in [0.15, 0.2) is 0 Å². The van der Waals surface area contributed by atoms with Crippen LogP contribution in [0.3, 0.4) is 0 Å². The molecule has 5 atom stereocenters. The van der Waals surface area contributed by atoms with Gasteiger partial charge < -0.3 is 5.32 Å². The summed E-state index contributed by atoms with van der Waals surface area (Å²) in [5.74, 6) is 3.05. The average Bonchev–Trinajstić information content (AvgIpc) is 2.64.